The molecule has 0 aromatic heterocycles. The van der Waals surface area contributed by atoms with Gasteiger partial charge < -0.3 is 20.4 Å². The highest BCUT2D eigenvalue weighted by Gasteiger charge is 2.24. The van der Waals surface area contributed by atoms with E-state index < -0.39 is 0 Å². The Labute approximate surface area is 179 Å². The second-order valence-corrected chi connectivity index (χ2v) is 8.23. The number of benzene rings is 2. The van der Waals surface area contributed by atoms with Crippen LogP contribution in [0.4, 0.5) is 17.1 Å². The van der Waals surface area contributed by atoms with E-state index in [0.717, 1.165) is 25.2 Å². The molecule has 2 aromatic rings. The molecule has 6 nitrogen and oxygen atoms in total. The standard InChI is InChI=1S/C24H32N4O2/c1-5-17(2)23(29)25-19-8-6-18(7-9-19)24(30)26-20-10-12-21(13-11-20)28-15-14-22(16-28)27(3)4/h6-13,17,22H,5,14-16H2,1-4H3,(H,25,29)(H,26,30). The highest BCUT2D eigenvalue weighted by Crippen LogP contribution is 2.24. The first-order valence-electron chi connectivity index (χ1n) is 10.6. The number of nitrogens with zero attached hydrogens (tertiary/aromatic N) is 2. The van der Waals surface area contributed by atoms with Gasteiger partial charge in [0.05, 0.1) is 0 Å². The van der Waals surface area contributed by atoms with Crippen LogP contribution in [0.1, 0.15) is 37.0 Å². The van der Waals surface area contributed by atoms with Gasteiger partial charge in [-0.25, -0.2) is 0 Å². The quantitative estimate of drug-likeness (QED) is 0.725. The molecule has 1 aliphatic rings. The Morgan fingerprint density at radius 2 is 1.63 bits per heavy atom. The van der Waals surface area contributed by atoms with Gasteiger partial charge in [0.25, 0.3) is 5.91 Å². The molecule has 2 amide bonds. The first-order valence-corrected chi connectivity index (χ1v) is 10.6. The lowest BCUT2D eigenvalue weighted by molar-refractivity contribution is -0.119. The van der Waals surface area contributed by atoms with Gasteiger partial charge in [-0.2, -0.15) is 0 Å². The Balaban J connectivity index is 1.56. The van der Waals surface area contributed by atoms with E-state index in [0.29, 0.717) is 17.3 Å². The molecule has 3 rings (SSSR count). The van der Waals surface area contributed by atoms with Crippen LogP contribution in [-0.4, -0.2) is 49.9 Å². The van der Waals surface area contributed by atoms with Gasteiger partial charge >= 0.3 is 0 Å². The number of likely N-dealkylation sites (N-methyl/N-ethyl adjacent to an activating group) is 1. The molecule has 0 bridgehead atoms. The zero-order chi connectivity index (χ0) is 21.7. The number of hydrogen-bond acceptors (Lipinski definition) is 4. The molecule has 1 aliphatic heterocycles. The van der Waals surface area contributed by atoms with Crippen LogP contribution in [-0.2, 0) is 4.79 Å². The van der Waals surface area contributed by atoms with Crippen LogP contribution in [0, 0.1) is 5.92 Å². The number of hydrogen-bond donors (Lipinski definition) is 2. The third-order valence-electron chi connectivity index (χ3n) is 5.86. The Morgan fingerprint density at radius 1 is 1.03 bits per heavy atom. The van der Waals surface area contributed by atoms with E-state index in [9.17, 15) is 9.59 Å². The zero-order valence-corrected chi connectivity index (χ0v) is 18.3. The summed E-state index contributed by atoms with van der Waals surface area (Å²) in [6.07, 6.45) is 1.96. The predicted octanol–water partition coefficient (Wildman–Crippen LogP) is 4.06. The average molecular weight is 409 g/mol. The monoisotopic (exact) mass is 408 g/mol. The van der Waals surface area contributed by atoms with Gasteiger partial charge in [0.2, 0.25) is 5.91 Å². The fourth-order valence-corrected chi connectivity index (χ4v) is 3.51. The summed E-state index contributed by atoms with van der Waals surface area (Å²) in [4.78, 5) is 29.2. The summed E-state index contributed by atoms with van der Waals surface area (Å²) in [5.41, 5.74) is 3.19. The minimum absolute atomic E-state index is 0.00954. The molecule has 2 N–H and O–H groups in total. The number of amides is 2. The van der Waals surface area contributed by atoms with E-state index >= 15 is 0 Å². The molecule has 0 saturated carbocycles. The van der Waals surface area contributed by atoms with E-state index in [2.05, 4.69) is 46.7 Å². The largest absolute Gasteiger partial charge is 0.370 e. The van der Waals surface area contributed by atoms with Gasteiger partial charge in [-0.3, -0.25) is 9.59 Å². The van der Waals surface area contributed by atoms with Crippen molar-refractivity contribution in [3.8, 4) is 0 Å². The summed E-state index contributed by atoms with van der Waals surface area (Å²) >= 11 is 0. The molecule has 6 heteroatoms. The average Bonchev–Trinajstić information content (AvgIpc) is 3.25. The van der Waals surface area contributed by atoms with Crippen LogP contribution in [0.3, 0.4) is 0 Å². The van der Waals surface area contributed by atoms with E-state index in [1.807, 2.05) is 26.0 Å². The number of rotatable bonds is 7. The van der Waals surface area contributed by atoms with Crippen LogP contribution in [0.5, 0.6) is 0 Å². The number of nitrogens with one attached hydrogen (secondary N) is 2. The van der Waals surface area contributed by atoms with Crippen molar-refractivity contribution < 1.29 is 9.59 Å². The van der Waals surface area contributed by atoms with Gasteiger partial charge in [0.15, 0.2) is 0 Å². The maximum atomic E-state index is 12.5. The Morgan fingerprint density at radius 3 is 2.20 bits per heavy atom. The third kappa shape index (κ3) is 5.39. The van der Waals surface area contributed by atoms with Crippen LogP contribution in [0.15, 0.2) is 48.5 Å². The summed E-state index contributed by atoms with van der Waals surface area (Å²) in [7, 11) is 4.25. The highest BCUT2D eigenvalue weighted by atomic mass is 16.2. The second kappa shape index (κ2) is 9.76. The summed E-state index contributed by atoms with van der Waals surface area (Å²) in [5, 5.41) is 5.81. The summed E-state index contributed by atoms with van der Waals surface area (Å²) < 4.78 is 0. The van der Waals surface area contributed by atoms with Crippen LogP contribution in [0.2, 0.25) is 0 Å². The lowest BCUT2D eigenvalue weighted by Gasteiger charge is -2.22. The van der Waals surface area contributed by atoms with E-state index in [1.54, 1.807) is 24.3 Å². The summed E-state index contributed by atoms with van der Waals surface area (Å²) in [5.74, 6) is -0.216. The second-order valence-electron chi connectivity index (χ2n) is 8.23. The first kappa shape index (κ1) is 21.8. The molecule has 1 saturated heterocycles. The fourth-order valence-electron chi connectivity index (χ4n) is 3.51. The molecule has 0 aliphatic carbocycles. The van der Waals surface area contributed by atoms with Gasteiger partial charge in [0.1, 0.15) is 0 Å². The molecule has 0 radical (unpaired) electrons. The lowest BCUT2D eigenvalue weighted by Crippen LogP contribution is -2.31. The van der Waals surface area contributed by atoms with Crippen molar-refractivity contribution in [3.63, 3.8) is 0 Å². The van der Waals surface area contributed by atoms with Gasteiger partial charge in [-0.05, 0) is 75.5 Å². The molecular formula is C24H32N4O2. The van der Waals surface area contributed by atoms with Crippen molar-refractivity contribution in [1.29, 1.82) is 0 Å². The third-order valence-corrected chi connectivity index (χ3v) is 5.86. The normalized spacial score (nSPS) is 17.1. The first-order chi connectivity index (χ1) is 14.4. The van der Waals surface area contributed by atoms with Crippen molar-refractivity contribution in [3.05, 3.63) is 54.1 Å². The van der Waals surface area contributed by atoms with Crippen LogP contribution >= 0.6 is 0 Å². The van der Waals surface area contributed by atoms with Crippen molar-refractivity contribution in [2.45, 2.75) is 32.7 Å². The number of anilines is 3. The molecule has 1 fully saturated rings. The Bertz CT molecular complexity index is 862. The molecule has 0 spiro atoms. The van der Waals surface area contributed by atoms with Crippen LogP contribution < -0.4 is 15.5 Å². The molecular weight excluding hydrogens is 376 g/mol. The van der Waals surface area contributed by atoms with Crippen molar-refractivity contribution >= 4 is 28.9 Å². The van der Waals surface area contributed by atoms with Gasteiger partial charge in [-0.1, -0.05) is 13.8 Å². The zero-order valence-electron chi connectivity index (χ0n) is 18.3. The molecule has 2 unspecified atom stereocenters. The van der Waals surface area contributed by atoms with E-state index in [4.69, 9.17) is 0 Å². The Kier molecular flexibility index (Phi) is 7.11. The van der Waals surface area contributed by atoms with Crippen molar-refractivity contribution in [1.82, 2.24) is 4.90 Å². The van der Waals surface area contributed by atoms with Crippen molar-refractivity contribution in [2.75, 3.05) is 42.7 Å². The lowest BCUT2D eigenvalue weighted by atomic mass is 10.1. The molecule has 160 valence electrons. The van der Waals surface area contributed by atoms with Gasteiger partial charge in [-0.15, -0.1) is 0 Å². The molecule has 2 atom stereocenters. The molecule has 1 heterocycles. The Hall–Kier alpha value is -2.86. The smallest absolute Gasteiger partial charge is 0.255 e. The topological polar surface area (TPSA) is 64.7 Å². The summed E-state index contributed by atoms with van der Waals surface area (Å²) in [6, 6.07) is 15.5. The minimum Gasteiger partial charge on any atom is -0.370 e. The predicted molar refractivity (Wildman–Crippen MR) is 123 cm³/mol. The number of carbonyl (C=O) groups is 2. The fraction of sp³-hybridized carbons (Fsp3) is 0.417. The van der Waals surface area contributed by atoms with Crippen LogP contribution in [0.25, 0.3) is 0 Å². The summed E-state index contributed by atoms with van der Waals surface area (Å²) in [6.45, 7) is 5.95. The number of carbonyl (C=O) groups excluding carboxylic acids is 2. The molecule has 2 aromatic carbocycles. The maximum Gasteiger partial charge on any atom is 0.255 e. The molecule has 30 heavy (non-hydrogen) atoms. The van der Waals surface area contributed by atoms with E-state index in [1.165, 1.54) is 12.1 Å². The minimum atomic E-state index is -0.170. The van der Waals surface area contributed by atoms with Gasteiger partial charge in [0, 0.05) is 47.7 Å². The van der Waals surface area contributed by atoms with Crippen molar-refractivity contribution in [2.24, 2.45) is 5.92 Å². The maximum absolute atomic E-state index is 12.5. The van der Waals surface area contributed by atoms with E-state index in [-0.39, 0.29) is 17.7 Å². The SMILES string of the molecule is CCC(C)C(=O)Nc1ccc(C(=O)Nc2ccc(N3CCC(N(C)C)C3)cc2)cc1. The highest BCUT2D eigenvalue weighted by molar-refractivity contribution is 6.04.